The molecular weight excluding hydrogens is 310 g/mol. The molecule has 0 aromatic heterocycles. The van der Waals surface area contributed by atoms with Crippen LogP contribution in [0.3, 0.4) is 0 Å². The Morgan fingerprint density at radius 2 is 1.58 bits per heavy atom. The number of carbonyl (C=O) groups is 2. The number of hydrogen-bond acceptors (Lipinski definition) is 5. The highest BCUT2D eigenvalue weighted by Crippen LogP contribution is 2.16. The number of nitro benzene ring substituents is 1. The van der Waals surface area contributed by atoms with Gasteiger partial charge >= 0.3 is 5.97 Å². The molecule has 0 aliphatic carbocycles. The highest BCUT2D eigenvalue weighted by Gasteiger charge is 2.21. The zero-order valence-corrected chi connectivity index (χ0v) is 13.6. The molecule has 0 aliphatic rings. The van der Waals surface area contributed by atoms with Crippen molar-refractivity contribution in [3.63, 3.8) is 0 Å². The van der Waals surface area contributed by atoms with Crippen molar-refractivity contribution < 1.29 is 19.2 Å². The number of non-ortho nitro benzene ring substituents is 1. The molecule has 1 atom stereocenters. The number of Topliss-reactive ketones (excluding diaryl/α,β-unsaturated/α-hetero) is 1. The average Bonchev–Trinajstić information content (AvgIpc) is 2.56. The monoisotopic (exact) mass is 327 g/mol. The van der Waals surface area contributed by atoms with E-state index in [1.54, 1.807) is 12.1 Å². The molecule has 0 bridgehead atoms. The number of nitro groups is 1. The molecule has 24 heavy (non-hydrogen) atoms. The van der Waals surface area contributed by atoms with Crippen LogP contribution in [0.4, 0.5) is 5.69 Å². The van der Waals surface area contributed by atoms with Gasteiger partial charge in [0, 0.05) is 17.7 Å². The molecule has 0 saturated heterocycles. The fourth-order valence-electron chi connectivity index (χ4n) is 2.13. The molecule has 2 rings (SSSR count). The molecule has 6 nitrogen and oxygen atoms in total. The molecule has 0 amide bonds. The highest BCUT2D eigenvalue weighted by molar-refractivity contribution is 6.01. The zero-order chi connectivity index (χ0) is 17.9. The molecular formula is C18H17NO5. The first-order valence-corrected chi connectivity index (χ1v) is 7.36. The van der Waals surface area contributed by atoms with E-state index in [4.69, 9.17) is 4.74 Å². The molecule has 124 valence electrons. The molecule has 0 spiro atoms. The van der Waals surface area contributed by atoms with Crippen LogP contribution in [0.1, 0.15) is 38.8 Å². The minimum atomic E-state index is -0.949. The molecule has 6 heteroatoms. The fraction of sp³-hybridized carbons (Fsp3) is 0.222. The summed E-state index contributed by atoms with van der Waals surface area (Å²) in [4.78, 5) is 34.4. The molecule has 0 fully saturated rings. The second-order valence-corrected chi connectivity index (χ2v) is 5.51. The SMILES string of the molecule is Cc1ccc(C(=O)[C@@H](C)OC(=O)c2ccc([N+](=O)[O-])cc2)cc1C. The summed E-state index contributed by atoms with van der Waals surface area (Å²) in [5.41, 5.74) is 2.56. The van der Waals surface area contributed by atoms with E-state index in [-0.39, 0.29) is 17.0 Å². The largest absolute Gasteiger partial charge is 0.451 e. The predicted molar refractivity (Wildman–Crippen MR) is 88.2 cm³/mol. The van der Waals surface area contributed by atoms with Gasteiger partial charge in [0.05, 0.1) is 10.5 Å². The summed E-state index contributed by atoms with van der Waals surface area (Å²) in [7, 11) is 0. The number of aryl methyl sites for hydroxylation is 2. The van der Waals surface area contributed by atoms with E-state index in [0.717, 1.165) is 11.1 Å². The first-order valence-electron chi connectivity index (χ1n) is 7.36. The van der Waals surface area contributed by atoms with E-state index in [9.17, 15) is 19.7 Å². The number of ketones is 1. The second kappa shape index (κ2) is 7.04. The third-order valence-corrected chi connectivity index (χ3v) is 3.76. The van der Waals surface area contributed by atoms with E-state index in [0.29, 0.717) is 5.56 Å². The van der Waals surface area contributed by atoms with Crippen molar-refractivity contribution in [2.45, 2.75) is 26.9 Å². The molecule has 0 saturated carbocycles. The number of benzene rings is 2. The fourth-order valence-corrected chi connectivity index (χ4v) is 2.13. The predicted octanol–water partition coefficient (Wildman–Crippen LogP) is 3.64. The van der Waals surface area contributed by atoms with Crippen molar-refractivity contribution in [3.05, 3.63) is 74.8 Å². The Bertz CT molecular complexity index is 796. The first kappa shape index (κ1) is 17.3. The standard InChI is InChI=1S/C18H17NO5/c1-11-4-5-15(10-12(11)2)17(20)13(3)24-18(21)14-6-8-16(9-7-14)19(22)23/h4-10,13H,1-3H3/t13-/m1/s1. The van der Waals surface area contributed by atoms with Crippen molar-refractivity contribution in [2.75, 3.05) is 0 Å². The molecule has 0 heterocycles. The van der Waals surface area contributed by atoms with Crippen molar-refractivity contribution in [1.82, 2.24) is 0 Å². The van der Waals surface area contributed by atoms with E-state index >= 15 is 0 Å². The Hall–Kier alpha value is -3.02. The van der Waals surface area contributed by atoms with E-state index < -0.39 is 17.0 Å². The summed E-state index contributed by atoms with van der Waals surface area (Å²) < 4.78 is 5.16. The quantitative estimate of drug-likeness (QED) is 0.362. The van der Waals surface area contributed by atoms with Gasteiger partial charge in [0.15, 0.2) is 6.10 Å². The number of ether oxygens (including phenoxy) is 1. The topological polar surface area (TPSA) is 86.5 Å². The highest BCUT2D eigenvalue weighted by atomic mass is 16.6. The van der Waals surface area contributed by atoms with Gasteiger partial charge in [-0.2, -0.15) is 0 Å². The van der Waals surface area contributed by atoms with Gasteiger partial charge in [-0.1, -0.05) is 12.1 Å². The summed E-state index contributed by atoms with van der Waals surface area (Å²) >= 11 is 0. The third kappa shape index (κ3) is 3.84. The smallest absolute Gasteiger partial charge is 0.338 e. The molecule has 0 unspecified atom stereocenters. The molecule has 0 N–H and O–H groups in total. The van der Waals surface area contributed by atoms with Gasteiger partial charge < -0.3 is 4.74 Å². The lowest BCUT2D eigenvalue weighted by molar-refractivity contribution is -0.384. The summed E-state index contributed by atoms with van der Waals surface area (Å²) in [6.45, 7) is 5.35. The molecule has 2 aromatic carbocycles. The minimum Gasteiger partial charge on any atom is -0.451 e. The van der Waals surface area contributed by atoms with Crippen molar-refractivity contribution in [3.8, 4) is 0 Å². The summed E-state index contributed by atoms with van der Waals surface area (Å²) in [5, 5.41) is 10.6. The molecule has 0 aliphatic heterocycles. The van der Waals surface area contributed by atoms with Crippen LogP contribution in [0, 0.1) is 24.0 Å². The normalized spacial score (nSPS) is 11.6. The number of hydrogen-bond donors (Lipinski definition) is 0. The van der Waals surface area contributed by atoms with Crippen LogP contribution in [-0.4, -0.2) is 22.8 Å². The maximum Gasteiger partial charge on any atom is 0.338 e. The summed E-state index contributed by atoms with van der Waals surface area (Å²) in [6, 6.07) is 10.3. The Morgan fingerprint density at radius 3 is 2.12 bits per heavy atom. The maximum atomic E-state index is 12.4. The summed E-state index contributed by atoms with van der Waals surface area (Å²) in [5.74, 6) is -0.997. The van der Waals surface area contributed by atoms with Crippen molar-refractivity contribution in [2.24, 2.45) is 0 Å². The van der Waals surface area contributed by atoms with Crippen LogP contribution in [0.2, 0.25) is 0 Å². The Kier molecular flexibility index (Phi) is 5.08. The summed E-state index contributed by atoms with van der Waals surface area (Å²) in [6.07, 6.45) is -0.949. The van der Waals surface area contributed by atoms with Gasteiger partial charge in [0.25, 0.3) is 5.69 Å². The average molecular weight is 327 g/mol. The lowest BCUT2D eigenvalue weighted by Crippen LogP contribution is -2.24. The van der Waals surface area contributed by atoms with Crippen LogP contribution in [-0.2, 0) is 4.74 Å². The number of esters is 1. The Balaban J connectivity index is 2.08. The molecule has 0 radical (unpaired) electrons. The van der Waals surface area contributed by atoms with Crippen LogP contribution < -0.4 is 0 Å². The molecule has 2 aromatic rings. The Labute approximate surface area is 139 Å². The number of carbonyl (C=O) groups excluding carboxylic acids is 2. The minimum absolute atomic E-state index is 0.120. The van der Waals surface area contributed by atoms with Crippen LogP contribution in [0.15, 0.2) is 42.5 Å². The van der Waals surface area contributed by atoms with Gasteiger partial charge in [-0.05, 0) is 50.1 Å². The van der Waals surface area contributed by atoms with Gasteiger partial charge in [-0.15, -0.1) is 0 Å². The number of nitrogens with zero attached hydrogens (tertiary/aromatic N) is 1. The Morgan fingerprint density at radius 1 is 1.00 bits per heavy atom. The van der Waals surface area contributed by atoms with Crippen LogP contribution in [0.5, 0.6) is 0 Å². The maximum absolute atomic E-state index is 12.4. The number of rotatable bonds is 5. The second-order valence-electron chi connectivity index (χ2n) is 5.51. The van der Waals surface area contributed by atoms with Gasteiger partial charge in [-0.25, -0.2) is 4.79 Å². The first-order chi connectivity index (χ1) is 11.3. The van der Waals surface area contributed by atoms with E-state index in [1.807, 2.05) is 19.9 Å². The van der Waals surface area contributed by atoms with Crippen LogP contribution in [0.25, 0.3) is 0 Å². The van der Waals surface area contributed by atoms with Crippen molar-refractivity contribution >= 4 is 17.4 Å². The van der Waals surface area contributed by atoms with Gasteiger partial charge in [-0.3, -0.25) is 14.9 Å². The third-order valence-electron chi connectivity index (χ3n) is 3.76. The van der Waals surface area contributed by atoms with E-state index in [1.165, 1.54) is 31.2 Å². The van der Waals surface area contributed by atoms with Crippen molar-refractivity contribution in [1.29, 1.82) is 0 Å². The van der Waals surface area contributed by atoms with Crippen LogP contribution >= 0.6 is 0 Å². The van der Waals surface area contributed by atoms with Gasteiger partial charge in [0.2, 0.25) is 5.78 Å². The lowest BCUT2D eigenvalue weighted by atomic mass is 10.0. The van der Waals surface area contributed by atoms with Gasteiger partial charge in [0.1, 0.15) is 0 Å². The van der Waals surface area contributed by atoms with E-state index in [2.05, 4.69) is 0 Å². The zero-order valence-electron chi connectivity index (χ0n) is 13.6. The lowest BCUT2D eigenvalue weighted by Gasteiger charge is -2.13.